The van der Waals surface area contributed by atoms with Gasteiger partial charge in [-0.25, -0.2) is 0 Å². The summed E-state index contributed by atoms with van der Waals surface area (Å²) in [6.07, 6.45) is 1.73. The molecule has 0 fully saturated rings. The predicted molar refractivity (Wildman–Crippen MR) is 70.7 cm³/mol. The molecule has 0 amide bonds. The average molecular weight is 254 g/mol. The maximum absolute atomic E-state index is 9.25. The lowest BCUT2D eigenvalue weighted by atomic mass is 9.97. The summed E-state index contributed by atoms with van der Waals surface area (Å²) >= 11 is 0. The van der Waals surface area contributed by atoms with Gasteiger partial charge < -0.3 is 19.3 Å². The Morgan fingerprint density at radius 3 is 1.94 bits per heavy atom. The summed E-state index contributed by atoms with van der Waals surface area (Å²) in [5.41, 5.74) is 1.07. The van der Waals surface area contributed by atoms with E-state index < -0.39 is 0 Å². The summed E-state index contributed by atoms with van der Waals surface area (Å²) in [6, 6.07) is 3.86. The fourth-order valence-corrected chi connectivity index (χ4v) is 1.92. The Morgan fingerprint density at radius 1 is 1.06 bits per heavy atom. The fraction of sp³-hybridized carbons (Fsp3) is 0.571. The lowest BCUT2D eigenvalue weighted by Gasteiger charge is -2.16. The minimum absolute atomic E-state index is 0.188. The molecule has 1 unspecified atom stereocenters. The quantitative estimate of drug-likeness (QED) is 0.811. The molecule has 1 aromatic rings. The highest BCUT2D eigenvalue weighted by Crippen LogP contribution is 2.38. The van der Waals surface area contributed by atoms with E-state index in [1.165, 1.54) is 0 Å². The second-order valence-corrected chi connectivity index (χ2v) is 4.19. The summed E-state index contributed by atoms with van der Waals surface area (Å²) in [5.74, 6) is 2.16. The Morgan fingerprint density at radius 2 is 1.61 bits per heavy atom. The number of benzene rings is 1. The van der Waals surface area contributed by atoms with Gasteiger partial charge in [-0.2, -0.15) is 0 Å². The number of rotatable bonds is 7. The number of aliphatic hydroxyl groups excluding tert-OH is 1. The van der Waals surface area contributed by atoms with E-state index in [1.54, 1.807) is 21.3 Å². The van der Waals surface area contributed by atoms with Crippen LogP contribution in [-0.2, 0) is 6.42 Å². The molecule has 4 heteroatoms. The minimum Gasteiger partial charge on any atom is -0.493 e. The monoisotopic (exact) mass is 254 g/mol. The Kier molecular flexibility index (Phi) is 5.78. The first-order valence-corrected chi connectivity index (χ1v) is 6.09. The summed E-state index contributed by atoms with van der Waals surface area (Å²) in [7, 11) is 4.79. The molecule has 1 N–H and O–H groups in total. The molecule has 4 nitrogen and oxygen atoms in total. The topological polar surface area (TPSA) is 47.9 Å². The van der Waals surface area contributed by atoms with E-state index in [4.69, 9.17) is 14.2 Å². The summed E-state index contributed by atoms with van der Waals surface area (Å²) in [4.78, 5) is 0. The molecule has 0 spiro atoms. The maximum Gasteiger partial charge on any atom is 0.203 e. The van der Waals surface area contributed by atoms with E-state index in [0.29, 0.717) is 17.2 Å². The van der Waals surface area contributed by atoms with Crippen molar-refractivity contribution in [3.05, 3.63) is 17.7 Å². The highest BCUT2D eigenvalue weighted by molar-refractivity contribution is 5.53. The van der Waals surface area contributed by atoms with Crippen molar-refractivity contribution in [1.29, 1.82) is 0 Å². The van der Waals surface area contributed by atoms with Gasteiger partial charge in [0.05, 0.1) is 21.3 Å². The van der Waals surface area contributed by atoms with Crippen LogP contribution in [0.5, 0.6) is 17.2 Å². The minimum atomic E-state index is 0.188. The predicted octanol–water partition coefficient (Wildman–Crippen LogP) is 2.27. The molecule has 0 radical (unpaired) electrons. The third-order valence-corrected chi connectivity index (χ3v) is 3.08. The Bertz CT molecular complexity index is 347. The van der Waals surface area contributed by atoms with E-state index in [9.17, 15) is 5.11 Å². The molecule has 1 atom stereocenters. The first-order chi connectivity index (χ1) is 8.69. The lowest BCUT2D eigenvalue weighted by Crippen LogP contribution is -2.08. The van der Waals surface area contributed by atoms with Gasteiger partial charge in [0.25, 0.3) is 0 Å². The molecule has 0 aliphatic rings. The number of hydrogen-bond donors (Lipinski definition) is 1. The van der Waals surface area contributed by atoms with Crippen LogP contribution in [0.25, 0.3) is 0 Å². The van der Waals surface area contributed by atoms with Gasteiger partial charge in [-0.1, -0.05) is 13.3 Å². The number of hydrogen-bond acceptors (Lipinski definition) is 4. The van der Waals surface area contributed by atoms with Gasteiger partial charge in [-0.3, -0.25) is 0 Å². The number of methoxy groups -OCH3 is 3. The summed E-state index contributed by atoms with van der Waals surface area (Å²) in [6.45, 7) is 2.26. The molecule has 0 bridgehead atoms. The van der Waals surface area contributed by atoms with Crippen molar-refractivity contribution in [3.8, 4) is 17.2 Å². The van der Waals surface area contributed by atoms with Crippen LogP contribution in [0.4, 0.5) is 0 Å². The van der Waals surface area contributed by atoms with Crippen molar-refractivity contribution in [3.63, 3.8) is 0 Å². The largest absolute Gasteiger partial charge is 0.493 e. The molecule has 0 aliphatic heterocycles. The van der Waals surface area contributed by atoms with Crippen molar-refractivity contribution in [1.82, 2.24) is 0 Å². The van der Waals surface area contributed by atoms with Crippen LogP contribution in [0.15, 0.2) is 12.1 Å². The van der Waals surface area contributed by atoms with Crippen LogP contribution in [0.3, 0.4) is 0 Å². The third-order valence-electron chi connectivity index (χ3n) is 3.08. The van der Waals surface area contributed by atoms with Crippen LogP contribution >= 0.6 is 0 Å². The Balaban J connectivity index is 3.06. The van der Waals surface area contributed by atoms with Crippen LogP contribution in [-0.4, -0.2) is 33.0 Å². The molecule has 18 heavy (non-hydrogen) atoms. The molecule has 0 aliphatic carbocycles. The second-order valence-electron chi connectivity index (χ2n) is 4.19. The van der Waals surface area contributed by atoms with Gasteiger partial charge in [0.2, 0.25) is 5.75 Å². The summed E-state index contributed by atoms with van der Waals surface area (Å²) < 4.78 is 15.9. The molecule has 0 saturated carbocycles. The number of ether oxygens (including phenoxy) is 3. The van der Waals surface area contributed by atoms with E-state index >= 15 is 0 Å². The normalized spacial score (nSPS) is 12.1. The molecule has 0 heterocycles. The highest BCUT2D eigenvalue weighted by Gasteiger charge is 2.15. The van der Waals surface area contributed by atoms with Crippen molar-refractivity contribution >= 4 is 0 Å². The fourth-order valence-electron chi connectivity index (χ4n) is 1.92. The second kappa shape index (κ2) is 7.11. The molecule has 1 aromatic carbocycles. The molecular weight excluding hydrogens is 232 g/mol. The Labute approximate surface area is 108 Å². The van der Waals surface area contributed by atoms with Gasteiger partial charge in [-0.15, -0.1) is 0 Å². The van der Waals surface area contributed by atoms with E-state index in [2.05, 4.69) is 6.92 Å². The standard InChI is InChI=1S/C14H22O4/c1-5-10(9-15)6-11-7-12(16-2)14(18-4)13(8-11)17-3/h7-8,10,15H,5-6,9H2,1-4H3. The number of aliphatic hydroxyl groups is 1. The first-order valence-electron chi connectivity index (χ1n) is 6.09. The molecule has 0 saturated heterocycles. The van der Waals surface area contributed by atoms with Crippen LogP contribution in [0.2, 0.25) is 0 Å². The van der Waals surface area contributed by atoms with Gasteiger partial charge in [0.1, 0.15) is 0 Å². The maximum atomic E-state index is 9.25. The van der Waals surface area contributed by atoms with Crippen molar-refractivity contribution < 1.29 is 19.3 Å². The molecule has 102 valence electrons. The summed E-state index contributed by atoms with van der Waals surface area (Å²) in [5, 5.41) is 9.25. The van der Waals surface area contributed by atoms with Gasteiger partial charge in [0.15, 0.2) is 11.5 Å². The van der Waals surface area contributed by atoms with E-state index in [1.807, 2.05) is 12.1 Å². The molecular formula is C14H22O4. The molecule has 0 aromatic heterocycles. The third kappa shape index (κ3) is 3.29. The van der Waals surface area contributed by atoms with Gasteiger partial charge >= 0.3 is 0 Å². The zero-order valence-electron chi connectivity index (χ0n) is 11.5. The highest BCUT2D eigenvalue weighted by atomic mass is 16.5. The van der Waals surface area contributed by atoms with Crippen LogP contribution in [0, 0.1) is 5.92 Å². The van der Waals surface area contributed by atoms with E-state index in [0.717, 1.165) is 18.4 Å². The Hall–Kier alpha value is -1.42. The zero-order valence-corrected chi connectivity index (χ0v) is 11.5. The molecule has 1 rings (SSSR count). The van der Waals surface area contributed by atoms with Crippen molar-refractivity contribution in [2.24, 2.45) is 5.92 Å². The lowest BCUT2D eigenvalue weighted by molar-refractivity contribution is 0.221. The van der Waals surface area contributed by atoms with Crippen LogP contribution in [0.1, 0.15) is 18.9 Å². The van der Waals surface area contributed by atoms with Crippen LogP contribution < -0.4 is 14.2 Å². The van der Waals surface area contributed by atoms with Crippen molar-refractivity contribution in [2.45, 2.75) is 19.8 Å². The van der Waals surface area contributed by atoms with Gasteiger partial charge in [-0.05, 0) is 30.0 Å². The van der Waals surface area contributed by atoms with Crippen molar-refractivity contribution in [2.75, 3.05) is 27.9 Å². The SMILES string of the molecule is CCC(CO)Cc1cc(OC)c(OC)c(OC)c1. The van der Waals surface area contributed by atoms with Gasteiger partial charge in [0, 0.05) is 6.61 Å². The van der Waals surface area contributed by atoms with E-state index in [-0.39, 0.29) is 12.5 Å². The first kappa shape index (κ1) is 14.6. The smallest absolute Gasteiger partial charge is 0.203 e. The zero-order chi connectivity index (χ0) is 13.5. The average Bonchev–Trinajstić information content (AvgIpc) is 2.43.